The van der Waals surface area contributed by atoms with Crippen LogP contribution in [0, 0.1) is 20.8 Å². The summed E-state index contributed by atoms with van der Waals surface area (Å²) in [6.45, 7) is 6.26. The van der Waals surface area contributed by atoms with Gasteiger partial charge in [-0.25, -0.2) is 4.98 Å². The molecule has 3 aromatic rings. The maximum atomic E-state index is 4.63. The van der Waals surface area contributed by atoms with E-state index in [1.165, 1.54) is 16.7 Å². The van der Waals surface area contributed by atoms with Crippen LogP contribution in [0.15, 0.2) is 34.8 Å². The van der Waals surface area contributed by atoms with Crippen LogP contribution in [0.5, 0.6) is 0 Å². The number of imidazole rings is 1. The summed E-state index contributed by atoms with van der Waals surface area (Å²) in [5.74, 6) is 0.780. The lowest BCUT2D eigenvalue weighted by Gasteiger charge is -2.11. The number of aromatic nitrogens is 2. The number of aromatic amines is 1. The van der Waals surface area contributed by atoms with Crippen LogP contribution in [0.1, 0.15) is 16.7 Å². The molecule has 0 aliphatic heterocycles. The molecule has 0 fully saturated rings. The van der Waals surface area contributed by atoms with Crippen LogP contribution in [-0.4, -0.2) is 9.97 Å². The number of H-pyrrole nitrogens is 1. The van der Waals surface area contributed by atoms with E-state index in [0.29, 0.717) is 0 Å². The minimum atomic E-state index is 0.780. The van der Waals surface area contributed by atoms with Gasteiger partial charge in [0.05, 0.1) is 11.0 Å². The van der Waals surface area contributed by atoms with Crippen molar-refractivity contribution in [2.45, 2.75) is 20.8 Å². The summed E-state index contributed by atoms with van der Waals surface area (Å²) < 4.78 is 1.10. The summed E-state index contributed by atoms with van der Waals surface area (Å²) in [6.07, 6.45) is 0. The van der Waals surface area contributed by atoms with Gasteiger partial charge in [-0.15, -0.1) is 0 Å². The average molecular weight is 330 g/mol. The summed E-state index contributed by atoms with van der Waals surface area (Å²) in [6, 6.07) is 10.4. The van der Waals surface area contributed by atoms with E-state index in [9.17, 15) is 0 Å². The quantitative estimate of drug-likeness (QED) is 0.695. The Kier molecular flexibility index (Phi) is 3.26. The third-order valence-corrected chi connectivity index (χ3v) is 3.91. The number of anilines is 2. The molecule has 0 atom stereocenters. The van der Waals surface area contributed by atoms with Gasteiger partial charge in [0.15, 0.2) is 0 Å². The Bertz CT molecular complexity index is 767. The van der Waals surface area contributed by atoms with Gasteiger partial charge in [0.2, 0.25) is 5.95 Å². The molecule has 3 rings (SSSR count). The highest BCUT2D eigenvalue weighted by molar-refractivity contribution is 9.10. The highest BCUT2D eigenvalue weighted by atomic mass is 79.9. The zero-order chi connectivity index (χ0) is 14.3. The van der Waals surface area contributed by atoms with E-state index in [1.54, 1.807) is 0 Å². The predicted molar refractivity (Wildman–Crippen MR) is 87.7 cm³/mol. The molecule has 3 nitrogen and oxygen atoms in total. The van der Waals surface area contributed by atoms with Gasteiger partial charge < -0.3 is 10.3 Å². The largest absolute Gasteiger partial charge is 0.325 e. The van der Waals surface area contributed by atoms with E-state index < -0.39 is 0 Å². The van der Waals surface area contributed by atoms with Crippen LogP contribution in [0.25, 0.3) is 11.0 Å². The number of aryl methyl sites for hydroxylation is 3. The van der Waals surface area contributed by atoms with Crippen molar-refractivity contribution < 1.29 is 0 Å². The molecule has 0 unspecified atom stereocenters. The molecule has 0 aliphatic carbocycles. The molecule has 2 aromatic carbocycles. The van der Waals surface area contributed by atoms with Gasteiger partial charge in [0.25, 0.3) is 0 Å². The number of rotatable bonds is 2. The molecular weight excluding hydrogens is 314 g/mol. The Balaban J connectivity index is 2.04. The van der Waals surface area contributed by atoms with E-state index in [2.05, 4.69) is 70.2 Å². The number of para-hydroxylation sites is 1. The summed E-state index contributed by atoms with van der Waals surface area (Å²) in [7, 11) is 0. The lowest BCUT2D eigenvalue weighted by atomic mass is 10.1. The van der Waals surface area contributed by atoms with Crippen molar-refractivity contribution in [1.29, 1.82) is 0 Å². The minimum Gasteiger partial charge on any atom is -0.325 e. The number of hydrogen-bond donors (Lipinski definition) is 2. The van der Waals surface area contributed by atoms with Crippen molar-refractivity contribution in [3.8, 4) is 0 Å². The molecule has 0 amide bonds. The van der Waals surface area contributed by atoms with Crippen molar-refractivity contribution >= 4 is 38.6 Å². The fourth-order valence-electron chi connectivity index (χ4n) is 2.46. The van der Waals surface area contributed by atoms with Gasteiger partial charge in [-0.3, -0.25) is 0 Å². The van der Waals surface area contributed by atoms with E-state index in [0.717, 1.165) is 27.1 Å². The number of nitrogens with zero attached hydrogens (tertiary/aromatic N) is 1. The predicted octanol–water partition coefficient (Wildman–Crippen LogP) is 4.99. The fourth-order valence-corrected chi connectivity index (χ4v) is 3.15. The van der Waals surface area contributed by atoms with E-state index >= 15 is 0 Å². The second-order valence-electron chi connectivity index (χ2n) is 5.10. The minimum absolute atomic E-state index is 0.780. The van der Waals surface area contributed by atoms with Crippen molar-refractivity contribution in [1.82, 2.24) is 9.97 Å². The fraction of sp³-hybridized carbons (Fsp3) is 0.188. The van der Waals surface area contributed by atoms with E-state index in [1.807, 2.05) is 12.1 Å². The number of fused-ring (bicyclic) bond motifs is 1. The standard InChI is InChI=1S/C16H16BrN3/c1-9-5-4-6-13-15(9)20-16(18-13)19-14-10(2)7-12(17)8-11(14)3/h4-8H,1-3H3,(H2,18,19,20). The van der Waals surface area contributed by atoms with Crippen molar-refractivity contribution in [2.24, 2.45) is 0 Å². The van der Waals surface area contributed by atoms with Gasteiger partial charge in [-0.05, 0) is 55.7 Å². The lowest BCUT2D eigenvalue weighted by molar-refractivity contribution is 1.27. The first-order valence-electron chi connectivity index (χ1n) is 6.53. The van der Waals surface area contributed by atoms with Crippen LogP contribution < -0.4 is 5.32 Å². The smallest absolute Gasteiger partial charge is 0.205 e. The number of hydrogen-bond acceptors (Lipinski definition) is 2. The van der Waals surface area contributed by atoms with Gasteiger partial charge in [0, 0.05) is 10.2 Å². The van der Waals surface area contributed by atoms with Crippen molar-refractivity contribution in [3.05, 3.63) is 51.5 Å². The maximum absolute atomic E-state index is 4.63. The van der Waals surface area contributed by atoms with E-state index in [-0.39, 0.29) is 0 Å². The number of benzene rings is 2. The SMILES string of the molecule is Cc1cc(Br)cc(C)c1Nc1nc2c(C)cccc2[nH]1. The molecule has 1 heterocycles. The molecule has 4 heteroatoms. The van der Waals surface area contributed by atoms with Crippen LogP contribution in [0.3, 0.4) is 0 Å². The molecular formula is C16H16BrN3. The Morgan fingerprint density at radius 1 is 1.05 bits per heavy atom. The van der Waals surface area contributed by atoms with Gasteiger partial charge >= 0.3 is 0 Å². The normalized spacial score (nSPS) is 11.0. The summed E-state index contributed by atoms with van der Waals surface area (Å²) in [5, 5.41) is 3.40. The molecule has 0 bridgehead atoms. The maximum Gasteiger partial charge on any atom is 0.205 e. The molecule has 0 saturated heterocycles. The molecule has 0 spiro atoms. The van der Waals surface area contributed by atoms with Crippen molar-refractivity contribution in [3.63, 3.8) is 0 Å². The van der Waals surface area contributed by atoms with Gasteiger partial charge in [-0.1, -0.05) is 28.1 Å². The topological polar surface area (TPSA) is 40.7 Å². The summed E-state index contributed by atoms with van der Waals surface area (Å²) in [4.78, 5) is 7.95. The summed E-state index contributed by atoms with van der Waals surface area (Å²) in [5.41, 5.74) is 6.73. The molecule has 0 aliphatic rings. The highest BCUT2D eigenvalue weighted by Crippen LogP contribution is 2.28. The third kappa shape index (κ3) is 2.31. The van der Waals surface area contributed by atoms with E-state index in [4.69, 9.17) is 0 Å². The molecule has 1 aromatic heterocycles. The third-order valence-electron chi connectivity index (χ3n) is 3.46. The Labute approximate surface area is 126 Å². The number of nitrogens with one attached hydrogen (secondary N) is 2. The second-order valence-corrected chi connectivity index (χ2v) is 6.01. The average Bonchev–Trinajstić information content (AvgIpc) is 2.78. The first-order valence-corrected chi connectivity index (χ1v) is 7.33. The van der Waals surface area contributed by atoms with Crippen LogP contribution in [0.2, 0.25) is 0 Å². The Morgan fingerprint density at radius 3 is 2.40 bits per heavy atom. The zero-order valence-corrected chi connectivity index (χ0v) is 13.3. The van der Waals surface area contributed by atoms with Gasteiger partial charge in [0.1, 0.15) is 0 Å². The monoisotopic (exact) mass is 329 g/mol. The first kappa shape index (κ1) is 13.2. The van der Waals surface area contributed by atoms with Crippen molar-refractivity contribution in [2.75, 3.05) is 5.32 Å². The molecule has 0 saturated carbocycles. The zero-order valence-electron chi connectivity index (χ0n) is 11.7. The van der Waals surface area contributed by atoms with Crippen LogP contribution >= 0.6 is 15.9 Å². The molecule has 102 valence electrons. The van der Waals surface area contributed by atoms with Crippen LogP contribution in [-0.2, 0) is 0 Å². The van der Waals surface area contributed by atoms with Crippen LogP contribution in [0.4, 0.5) is 11.6 Å². The Hall–Kier alpha value is -1.81. The Morgan fingerprint density at radius 2 is 1.75 bits per heavy atom. The molecule has 2 N–H and O–H groups in total. The number of halogens is 1. The molecule has 0 radical (unpaired) electrons. The summed E-state index contributed by atoms with van der Waals surface area (Å²) >= 11 is 3.52. The highest BCUT2D eigenvalue weighted by Gasteiger charge is 2.08. The first-order chi connectivity index (χ1) is 9.54. The van der Waals surface area contributed by atoms with Gasteiger partial charge in [-0.2, -0.15) is 0 Å². The lowest BCUT2D eigenvalue weighted by Crippen LogP contribution is -1.97. The second kappa shape index (κ2) is 4.94. The molecule has 20 heavy (non-hydrogen) atoms.